The summed E-state index contributed by atoms with van der Waals surface area (Å²) in [5.41, 5.74) is 5.98. The van der Waals surface area contributed by atoms with Crippen molar-refractivity contribution in [1.29, 1.82) is 0 Å². The number of H-pyrrole nitrogens is 1. The third-order valence-corrected chi connectivity index (χ3v) is 1.76. The van der Waals surface area contributed by atoms with Crippen molar-refractivity contribution in [2.75, 3.05) is 5.73 Å². The molecule has 2 nitrogen and oxygen atoms in total. The van der Waals surface area contributed by atoms with E-state index in [0.29, 0.717) is 10.3 Å². The minimum absolute atomic E-state index is 0.644. The van der Waals surface area contributed by atoms with E-state index in [-0.39, 0.29) is 0 Å². The predicted molar refractivity (Wildman–Crippen MR) is 33.9 cm³/mol. The summed E-state index contributed by atoms with van der Waals surface area (Å²) in [5.74, 6) is 0. The van der Waals surface area contributed by atoms with Crippen LogP contribution in [0.3, 0.4) is 0 Å². The molecule has 0 saturated heterocycles. The zero-order chi connectivity index (χ0) is 5.28. The van der Waals surface area contributed by atoms with E-state index in [1.54, 1.807) is 5.38 Å². The average Bonchev–Trinajstić information content (AvgIpc) is 1.91. The van der Waals surface area contributed by atoms with Crippen molar-refractivity contribution in [2.24, 2.45) is 0 Å². The minimum atomic E-state index is 0.644. The van der Waals surface area contributed by atoms with E-state index in [9.17, 15) is 0 Å². The third kappa shape index (κ3) is 0.808. The van der Waals surface area contributed by atoms with Gasteiger partial charge in [-0.25, -0.2) is 0 Å². The Labute approximate surface area is 50.1 Å². The normalized spacial score (nSPS) is 9.14. The Morgan fingerprint density at radius 2 is 2.57 bits per heavy atom. The smallest absolute Gasteiger partial charge is 0.136 e. The summed E-state index contributed by atoms with van der Waals surface area (Å²) in [4.78, 5) is 0. The van der Waals surface area contributed by atoms with Gasteiger partial charge in [-0.1, -0.05) is 23.8 Å². The van der Waals surface area contributed by atoms with E-state index in [4.69, 9.17) is 18.0 Å². The van der Waals surface area contributed by atoms with Gasteiger partial charge in [0.25, 0.3) is 0 Å². The first kappa shape index (κ1) is 4.80. The van der Waals surface area contributed by atoms with Crippen molar-refractivity contribution in [3.63, 3.8) is 0 Å². The van der Waals surface area contributed by atoms with Gasteiger partial charge in [-0.15, -0.1) is 0 Å². The molecule has 0 aliphatic carbocycles. The lowest BCUT2D eigenvalue weighted by Gasteiger charge is -1.70. The average molecular weight is 132 g/mol. The second-order valence-corrected chi connectivity index (χ2v) is 2.21. The van der Waals surface area contributed by atoms with Crippen molar-refractivity contribution in [3.8, 4) is 0 Å². The fourth-order valence-corrected chi connectivity index (χ4v) is 1.07. The molecule has 1 aromatic heterocycles. The van der Waals surface area contributed by atoms with Crippen LogP contribution in [-0.4, -0.2) is 4.37 Å². The zero-order valence-electron chi connectivity index (χ0n) is 3.47. The van der Waals surface area contributed by atoms with Crippen molar-refractivity contribution in [3.05, 3.63) is 10.0 Å². The zero-order valence-corrected chi connectivity index (χ0v) is 5.10. The Morgan fingerprint density at radius 3 is 2.71 bits per heavy atom. The Balaban J connectivity index is 3.39. The molecule has 38 valence electrons. The second-order valence-electron chi connectivity index (χ2n) is 1.12. The van der Waals surface area contributed by atoms with Gasteiger partial charge in [0, 0.05) is 5.38 Å². The van der Waals surface area contributed by atoms with Crippen LogP contribution < -0.4 is 5.73 Å². The lowest BCUT2D eigenvalue weighted by molar-refractivity contribution is 1.53. The summed E-state index contributed by atoms with van der Waals surface area (Å²) in [6.45, 7) is 0. The molecule has 0 unspecified atom stereocenters. The number of aromatic amines is 1. The van der Waals surface area contributed by atoms with Gasteiger partial charge < -0.3 is 10.1 Å². The van der Waals surface area contributed by atoms with E-state index < -0.39 is 0 Å². The number of hydrogen-bond acceptors (Lipinski definition) is 3. The largest absolute Gasteiger partial charge is 0.396 e. The molecule has 0 aliphatic heterocycles. The fourth-order valence-electron chi connectivity index (χ4n) is 0.259. The highest BCUT2D eigenvalue weighted by Gasteiger charge is 1.83. The van der Waals surface area contributed by atoms with Crippen LogP contribution >= 0.6 is 23.8 Å². The minimum Gasteiger partial charge on any atom is -0.396 e. The summed E-state index contributed by atoms with van der Waals surface area (Å²) < 4.78 is 3.44. The molecule has 0 radical (unpaired) electrons. The Bertz CT molecular complexity index is 199. The maximum Gasteiger partial charge on any atom is 0.136 e. The molecule has 1 heterocycles. The van der Waals surface area contributed by atoms with E-state index in [2.05, 4.69) is 4.37 Å². The molecule has 1 aromatic rings. The van der Waals surface area contributed by atoms with Gasteiger partial charge in [0.05, 0.1) is 5.69 Å². The molecule has 0 spiro atoms. The highest BCUT2D eigenvalue weighted by atomic mass is 32.1. The molecule has 4 heteroatoms. The molecule has 0 atom stereocenters. The first-order valence-corrected chi connectivity index (χ1v) is 3.01. The van der Waals surface area contributed by atoms with Gasteiger partial charge in [-0.2, -0.15) is 0 Å². The van der Waals surface area contributed by atoms with Crippen LogP contribution in [0.1, 0.15) is 0 Å². The number of nitrogens with two attached hydrogens (primary N) is 1. The topological polar surface area (TPSA) is 41.8 Å². The van der Waals surface area contributed by atoms with Crippen LogP contribution in [0.25, 0.3) is 0 Å². The van der Waals surface area contributed by atoms with Crippen LogP contribution in [-0.2, 0) is 0 Å². The number of nitrogens with one attached hydrogen (secondary N) is 1. The number of anilines is 1. The van der Waals surface area contributed by atoms with Crippen molar-refractivity contribution in [1.82, 2.24) is 4.37 Å². The number of rotatable bonds is 0. The summed E-state index contributed by atoms with van der Waals surface area (Å²) >= 11 is 6.13. The van der Waals surface area contributed by atoms with E-state index in [0.717, 1.165) is 0 Å². The van der Waals surface area contributed by atoms with Gasteiger partial charge in [0.1, 0.15) is 4.64 Å². The van der Waals surface area contributed by atoms with E-state index >= 15 is 0 Å². The SMILES string of the molecule is Nc1cs[nH]c1=S. The number of aromatic nitrogens is 1. The van der Waals surface area contributed by atoms with Gasteiger partial charge in [-0.3, -0.25) is 0 Å². The molecule has 0 bridgehead atoms. The standard InChI is InChI=1S/C3H4N2S2/c4-2-1-7-5-3(2)6/h1H,4H2,(H,5,6). The van der Waals surface area contributed by atoms with Crippen LogP contribution in [0, 0.1) is 4.64 Å². The Hall–Kier alpha value is -0.350. The van der Waals surface area contributed by atoms with Gasteiger partial charge >= 0.3 is 0 Å². The van der Waals surface area contributed by atoms with Crippen LogP contribution in [0.5, 0.6) is 0 Å². The second kappa shape index (κ2) is 1.63. The van der Waals surface area contributed by atoms with Crippen molar-refractivity contribution in [2.45, 2.75) is 0 Å². The maximum atomic E-state index is 5.31. The van der Waals surface area contributed by atoms with Crippen molar-refractivity contribution < 1.29 is 0 Å². The predicted octanol–water partition coefficient (Wildman–Crippen LogP) is 1.39. The molecular formula is C3H4N2S2. The summed E-state index contributed by atoms with van der Waals surface area (Å²) in [6.07, 6.45) is 0. The first-order valence-electron chi connectivity index (χ1n) is 1.72. The highest BCUT2D eigenvalue weighted by molar-refractivity contribution is 7.71. The summed E-state index contributed by atoms with van der Waals surface area (Å²) in [5, 5.41) is 1.78. The van der Waals surface area contributed by atoms with Crippen LogP contribution in [0.4, 0.5) is 5.69 Å². The molecule has 0 fully saturated rings. The highest BCUT2D eigenvalue weighted by Crippen LogP contribution is 2.04. The van der Waals surface area contributed by atoms with E-state index in [1.807, 2.05) is 0 Å². The van der Waals surface area contributed by atoms with E-state index in [1.165, 1.54) is 11.5 Å². The molecule has 7 heavy (non-hydrogen) atoms. The lowest BCUT2D eigenvalue weighted by Crippen LogP contribution is -1.78. The number of nitrogen functional groups attached to an aromatic ring is 1. The molecular weight excluding hydrogens is 128 g/mol. The summed E-state index contributed by atoms with van der Waals surface area (Å²) in [7, 11) is 0. The third-order valence-electron chi connectivity index (χ3n) is 0.600. The monoisotopic (exact) mass is 132 g/mol. The maximum absolute atomic E-state index is 5.31. The van der Waals surface area contributed by atoms with Crippen LogP contribution in [0.15, 0.2) is 5.38 Å². The van der Waals surface area contributed by atoms with Gasteiger partial charge in [-0.05, 0) is 0 Å². The fraction of sp³-hybridized carbons (Fsp3) is 0. The molecule has 0 saturated carbocycles. The molecule has 3 N–H and O–H groups in total. The van der Waals surface area contributed by atoms with Crippen molar-refractivity contribution >= 4 is 29.4 Å². The van der Waals surface area contributed by atoms with Gasteiger partial charge in [0.15, 0.2) is 0 Å². The van der Waals surface area contributed by atoms with Gasteiger partial charge in [0.2, 0.25) is 0 Å². The van der Waals surface area contributed by atoms with Crippen LogP contribution in [0.2, 0.25) is 0 Å². The quantitative estimate of drug-likeness (QED) is 0.524. The molecule has 1 rings (SSSR count). The summed E-state index contributed by atoms with van der Waals surface area (Å²) in [6, 6.07) is 0. The molecule has 0 aliphatic rings. The Morgan fingerprint density at radius 1 is 1.86 bits per heavy atom. The number of hydrogen-bond donors (Lipinski definition) is 2. The molecule has 0 amide bonds. The lowest BCUT2D eigenvalue weighted by atomic mass is 10.6. The Kier molecular flexibility index (Phi) is 1.12. The first-order chi connectivity index (χ1) is 3.30. The molecule has 0 aromatic carbocycles.